The molecule has 0 aromatic rings. The van der Waals surface area contributed by atoms with Crippen molar-refractivity contribution in [2.75, 3.05) is 13.3 Å². The third-order valence-electron chi connectivity index (χ3n) is 2.00. The molecule has 0 rings (SSSR count). The number of esters is 1. The van der Waals surface area contributed by atoms with Gasteiger partial charge in [-0.1, -0.05) is 0 Å². The van der Waals surface area contributed by atoms with Crippen molar-refractivity contribution in [1.29, 1.82) is 0 Å². The summed E-state index contributed by atoms with van der Waals surface area (Å²) in [6.45, 7) is 8.00. The summed E-state index contributed by atoms with van der Waals surface area (Å²) in [5, 5.41) is 8.78. The van der Waals surface area contributed by atoms with Crippen molar-refractivity contribution in [2.24, 2.45) is 0 Å². The van der Waals surface area contributed by atoms with Crippen LogP contribution in [0.2, 0.25) is 0 Å². The van der Waals surface area contributed by atoms with E-state index in [9.17, 15) is 14.2 Å². The van der Waals surface area contributed by atoms with Crippen molar-refractivity contribution in [1.82, 2.24) is 0 Å². The summed E-state index contributed by atoms with van der Waals surface area (Å²) in [5.74, 6) is -2.02. The standard InChI is InChI=1S/C11H21O6P/c1-6-16-18(5,15)8(7-9(12)13)10(14)17-11(2,3)4/h8H,6-7H2,1-5H3,(H,12,13). The van der Waals surface area contributed by atoms with Crippen LogP contribution in [0.15, 0.2) is 0 Å². The van der Waals surface area contributed by atoms with Gasteiger partial charge < -0.3 is 14.4 Å². The first kappa shape index (κ1) is 17.1. The number of carbonyl (C=O) groups excluding carboxylic acids is 1. The fraction of sp³-hybridized carbons (Fsp3) is 0.818. The molecule has 0 bridgehead atoms. The monoisotopic (exact) mass is 280 g/mol. The van der Waals surface area contributed by atoms with Gasteiger partial charge in [0.25, 0.3) is 0 Å². The van der Waals surface area contributed by atoms with Crippen LogP contribution in [0, 0.1) is 0 Å². The number of carboxylic acids is 1. The summed E-state index contributed by atoms with van der Waals surface area (Å²) in [4.78, 5) is 22.6. The van der Waals surface area contributed by atoms with Crippen molar-refractivity contribution in [3.05, 3.63) is 0 Å². The number of carboxylic acid groups (broad SMARTS) is 1. The van der Waals surface area contributed by atoms with E-state index in [4.69, 9.17) is 14.4 Å². The van der Waals surface area contributed by atoms with Crippen LogP contribution in [0.4, 0.5) is 0 Å². The summed E-state index contributed by atoms with van der Waals surface area (Å²) in [6.07, 6.45) is -0.567. The maximum atomic E-state index is 12.2. The molecule has 1 N–H and O–H groups in total. The number of carbonyl (C=O) groups is 2. The second-order valence-corrected chi connectivity index (χ2v) is 7.67. The van der Waals surface area contributed by atoms with E-state index in [1.165, 1.54) is 6.66 Å². The molecule has 2 atom stereocenters. The smallest absolute Gasteiger partial charge is 0.319 e. The molecule has 18 heavy (non-hydrogen) atoms. The molecular weight excluding hydrogens is 259 g/mol. The SMILES string of the molecule is CCOP(C)(=O)C(CC(=O)O)C(=O)OC(C)(C)C. The zero-order chi connectivity index (χ0) is 14.6. The second-order valence-electron chi connectivity index (χ2n) is 4.97. The first-order valence-corrected chi connectivity index (χ1v) is 7.80. The first-order chi connectivity index (χ1) is 7.99. The minimum absolute atomic E-state index is 0.146. The molecule has 6 nitrogen and oxygen atoms in total. The van der Waals surface area contributed by atoms with E-state index in [-0.39, 0.29) is 6.61 Å². The van der Waals surface area contributed by atoms with E-state index in [0.717, 1.165) is 0 Å². The number of ether oxygens (including phenoxy) is 1. The molecule has 0 saturated heterocycles. The normalized spacial score (nSPS) is 16.7. The largest absolute Gasteiger partial charge is 0.481 e. The van der Waals surface area contributed by atoms with E-state index in [1.54, 1.807) is 27.7 Å². The average Bonchev–Trinajstić information content (AvgIpc) is 2.10. The maximum absolute atomic E-state index is 12.2. The molecule has 106 valence electrons. The summed E-state index contributed by atoms with van der Waals surface area (Å²) in [7, 11) is -3.35. The van der Waals surface area contributed by atoms with Gasteiger partial charge in [0.15, 0.2) is 0 Å². The summed E-state index contributed by atoms with van der Waals surface area (Å²) in [6, 6.07) is 0. The number of rotatable bonds is 6. The van der Waals surface area contributed by atoms with Crippen LogP contribution < -0.4 is 0 Å². The van der Waals surface area contributed by atoms with Gasteiger partial charge in [0.1, 0.15) is 11.3 Å². The second kappa shape index (κ2) is 6.34. The molecule has 0 fully saturated rings. The fourth-order valence-corrected chi connectivity index (χ4v) is 2.94. The Bertz CT molecular complexity index is 357. The fourth-order valence-electron chi connectivity index (χ4n) is 1.32. The Balaban J connectivity index is 5.06. The van der Waals surface area contributed by atoms with E-state index in [2.05, 4.69) is 0 Å². The first-order valence-electron chi connectivity index (χ1n) is 5.66. The van der Waals surface area contributed by atoms with E-state index in [1.807, 2.05) is 0 Å². The van der Waals surface area contributed by atoms with Crippen molar-refractivity contribution in [3.8, 4) is 0 Å². The van der Waals surface area contributed by atoms with Crippen LogP contribution in [-0.2, 0) is 23.4 Å². The Morgan fingerprint density at radius 3 is 2.17 bits per heavy atom. The Hall–Kier alpha value is -0.870. The Labute approximate surface area is 107 Å². The highest BCUT2D eigenvalue weighted by molar-refractivity contribution is 7.60. The molecule has 0 radical (unpaired) electrons. The van der Waals surface area contributed by atoms with Crippen LogP contribution in [0.25, 0.3) is 0 Å². The van der Waals surface area contributed by atoms with Gasteiger partial charge in [-0.05, 0) is 27.7 Å². The van der Waals surface area contributed by atoms with Crippen molar-refractivity contribution >= 4 is 19.3 Å². The zero-order valence-corrected chi connectivity index (χ0v) is 12.3. The van der Waals surface area contributed by atoms with Crippen LogP contribution >= 0.6 is 7.37 Å². The highest BCUT2D eigenvalue weighted by atomic mass is 31.2. The third-order valence-corrected chi connectivity index (χ3v) is 4.29. The van der Waals surface area contributed by atoms with Crippen molar-refractivity contribution < 1.29 is 28.5 Å². The Morgan fingerprint density at radius 2 is 1.83 bits per heavy atom. The number of hydrogen-bond acceptors (Lipinski definition) is 5. The third kappa shape index (κ3) is 6.17. The summed E-state index contributed by atoms with van der Waals surface area (Å²) >= 11 is 0. The van der Waals surface area contributed by atoms with Crippen LogP contribution in [0.3, 0.4) is 0 Å². The molecular formula is C11H21O6P. The molecule has 0 amide bonds. The number of aliphatic carboxylic acids is 1. The van der Waals surface area contributed by atoms with E-state index < -0.39 is 37.0 Å². The van der Waals surface area contributed by atoms with Crippen LogP contribution in [0.5, 0.6) is 0 Å². The lowest BCUT2D eigenvalue weighted by Gasteiger charge is -2.26. The molecule has 0 saturated carbocycles. The lowest BCUT2D eigenvalue weighted by Crippen LogP contribution is -2.33. The molecule has 0 aliphatic rings. The van der Waals surface area contributed by atoms with Gasteiger partial charge in [0.05, 0.1) is 13.0 Å². The molecule has 0 aromatic carbocycles. The van der Waals surface area contributed by atoms with Gasteiger partial charge in [-0.15, -0.1) is 0 Å². The Kier molecular flexibility index (Phi) is 6.04. The van der Waals surface area contributed by atoms with Gasteiger partial charge in [-0.3, -0.25) is 14.2 Å². The molecule has 0 heterocycles. The van der Waals surface area contributed by atoms with Crippen molar-refractivity contribution in [3.63, 3.8) is 0 Å². The lowest BCUT2D eigenvalue weighted by atomic mass is 10.2. The molecule has 0 spiro atoms. The lowest BCUT2D eigenvalue weighted by molar-refractivity contribution is -0.156. The zero-order valence-electron chi connectivity index (χ0n) is 11.4. The van der Waals surface area contributed by atoms with Crippen molar-refractivity contribution in [2.45, 2.75) is 45.4 Å². The maximum Gasteiger partial charge on any atom is 0.319 e. The highest BCUT2D eigenvalue weighted by Gasteiger charge is 2.40. The Morgan fingerprint density at radius 1 is 1.33 bits per heavy atom. The molecule has 0 aliphatic carbocycles. The molecule has 2 unspecified atom stereocenters. The summed E-state index contributed by atoms with van der Waals surface area (Å²) in [5.41, 5.74) is -2.03. The van der Waals surface area contributed by atoms with Crippen LogP contribution in [0.1, 0.15) is 34.1 Å². The summed E-state index contributed by atoms with van der Waals surface area (Å²) < 4.78 is 22.3. The topological polar surface area (TPSA) is 89.9 Å². The van der Waals surface area contributed by atoms with Gasteiger partial charge in [0.2, 0.25) is 7.37 Å². The molecule has 7 heteroatoms. The van der Waals surface area contributed by atoms with E-state index in [0.29, 0.717) is 0 Å². The van der Waals surface area contributed by atoms with Crippen LogP contribution in [-0.4, -0.2) is 41.6 Å². The van der Waals surface area contributed by atoms with Gasteiger partial charge in [-0.2, -0.15) is 0 Å². The van der Waals surface area contributed by atoms with E-state index >= 15 is 0 Å². The van der Waals surface area contributed by atoms with Gasteiger partial charge in [0, 0.05) is 6.66 Å². The number of hydrogen-bond donors (Lipinski definition) is 1. The van der Waals surface area contributed by atoms with Gasteiger partial charge in [-0.25, -0.2) is 0 Å². The molecule has 0 aromatic heterocycles. The quantitative estimate of drug-likeness (QED) is 0.592. The average molecular weight is 280 g/mol. The predicted octanol–water partition coefficient (Wildman–Crippen LogP) is 2.12. The van der Waals surface area contributed by atoms with Gasteiger partial charge >= 0.3 is 11.9 Å². The minimum atomic E-state index is -3.35. The minimum Gasteiger partial charge on any atom is -0.481 e. The molecule has 0 aliphatic heterocycles. The highest BCUT2D eigenvalue weighted by Crippen LogP contribution is 2.50. The predicted molar refractivity (Wildman–Crippen MR) is 67.0 cm³/mol.